The van der Waals surface area contributed by atoms with Crippen molar-refractivity contribution >= 4 is 35.0 Å². The maximum atomic E-state index is 13.5. The van der Waals surface area contributed by atoms with Crippen LogP contribution in [0.1, 0.15) is 55.9 Å². The lowest BCUT2D eigenvalue weighted by Crippen LogP contribution is -2.51. The highest BCUT2D eigenvalue weighted by Gasteiger charge is 2.29. The normalized spacial score (nSPS) is 12.9. The van der Waals surface area contributed by atoms with Gasteiger partial charge in [-0.25, -0.2) is 0 Å². The minimum absolute atomic E-state index is 0.0389. The van der Waals surface area contributed by atoms with Crippen LogP contribution in [0.15, 0.2) is 36.4 Å². The summed E-state index contributed by atoms with van der Waals surface area (Å²) in [6.07, 6.45) is 1.55. The number of carbonyl (C=O) groups excluding carboxylic acids is 2. The van der Waals surface area contributed by atoms with E-state index in [1.807, 2.05) is 46.8 Å². The van der Waals surface area contributed by atoms with E-state index in [-0.39, 0.29) is 30.8 Å². The van der Waals surface area contributed by atoms with Gasteiger partial charge in [0, 0.05) is 22.6 Å². The lowest BCUT2D eigenvalue weighted by Gasteiger charge is -2.32. The highest BCUT2D eigenvalue weighted by atomic mass is 35.5. The third kappa shape index (κ3) is 7.26. The average Bonchev–Trinajstić information content (AvgIpc) is 2.68. The first-order valence-corrected chi connectivity index (χ1v) is 11.5. The number of rotatable bonds is 9. The van der Waals surface area contributed by atoms with Crippen LogP contribution >= 0.6 is 23.2 Å². The van der Waals surface area contributed by atoms with Crippen LogP contribution in [-0.4, -0.2) is 28.8 Å². The van der Waals surface area contributed by atoms with Crippen LogP contribution in [0.2, 0.25) is 10.0 Å². The van der Waals surface area contributed by atoms with E-state index in [1.165, 1.54) is 0 Å². The minimum atomic E-state index is -0.584. The molecule has 0 bridgehead atoms. The van der Waals surface area contributed by atoms with Crippen molar-refractivity contribution < 1.29 is 9.59 Å². The molecule has 0 aliphatic rings. The molecule has 31 heavy (non-hydrogen) atoms. The largest absolute Gasteiger partial charge is 0.352 e. The van der Waals surface area contributed by atoms with E-state index in [9.17, 15) is 9.59 Å². The average molecular weight is 463 g/mol. The fourth-order valence-corrected chi connectivity index (χ4v) is 4.11. The number of benzene rings is 2. The number of nitrogens with zero attached hydrogens (tertiary/aromatic N) is 1. The van der Waals surface area contributed by atoms with Gasteiger partial charge in [-0.15, -0.1) is 0 Å². The molecule has 0 fully saturated rings. The smallest absolute Gasteiger partial charge is 0.243 e. The quantitative estimate of drug-likeness (QED) is 0.505. The van der Waals surface area contributed by atoms with Gasteiger partial charge in [0.15, 0.2) is 0 Å². The Labute approximate surface area is 195 Å². The summed E-state index contributed by atoms with van der Waals surface area (Å²) < 4.78 is 0. The van der Waals surface area contributed by atoms with Crippen LogP contribution < -0.4 is 5.32 Å². The van der Waals surface area contributed by atoms with Gasteiger partial charge in [0.2, 0.25) is 11.8 Å². The van der Waals surface area contributed by atoms with Gasteiger partial charge in [-0.2, -0.15) is 0 Å². The number of hydrogen-bond acceptors (Lipinski definition) is 2. The topological polar surface area (TPSA) is 49.4 Å². The van der Waals surface area contributed by atoms with Gasteiger partial charge < -0.3 is 10.2 Å². The monoisotopic (exact) mass is 462 g/mol. The molecule has 2 atom stereocenters. The zero-order valence-corrected chi connectivity index (χ0v) is 20.5. The van der Waals surface area contributed by atoms with Crippen LogP contribution in [0.4, 0.5) is 0 Å². The Bertz CT molecular complexity index is 909. The Hall–Kier alpha value is -2.04. The second-order valence-electron chi connectivity index (χ2n) is 8.17. The number of halogens is 2. The first-order valence-electron chi connectivity index (χ1n) is 10.8. The molecule has 2 aromatic carbocycles. The zero-order chi connectivity index (χ0) is 23.1. The molecule has 0 unspecified atom stereocenters. The van der Waals surface area contributed by atoms with Crippen molar-refractivity contribution in [3.63, 3.8) is 0 Å². The van der Waals surface area contributed by atoms with E-state index in [0.717, 1.165) is 28.7 Å². The van der Waals surface area contributed by atoms with Gasteiger partial charge in [-0.05, 0) is 56.9 Å². The van der Waals surface area contributed by atoms with E-state index in [4.69, 9.17) is 23.2 Å². The number of aryl methyl sites for hydroxylation is 2. The maximum Gasteiger partial charge on any atom is 0.243 e. The zero-order valence-electron chi connectivity index (χ0n) is 19.0. The van der Waals surface area contributed by atoms with Gasteiger partial charge in [0.1, 0.15) is 6.04 Å². The Morgan fingerprint density at radius 3 is 2.19 bits per heavy atom. The van der Waals surface area contributed by atoms with Crippen LogP contribution in [0.3, 0.4) is 0 Å². The summed E-state index contributed by atoms with van der Waals surface area (Å²) >= 11 is 12.4. The second-order valence-corrected chi connectivity index (χ2v) is 9.02. The van der Waals surface area contributed by atoms with E-state index in [0.29, 0.717) is 16.5 Å². The van der Waals surface area contributed by atoms with Crippen molar-refractivity contribution in [1.82, 2.24) is 10.2 Å². The molecule has 6 heteroatoms. The lowest BCUT2D eigenvalue weighted by molar-refractivity contribution is -0.141. The van der Waals surface area contributed by atoms with Crippen molar-refractivity contribution in [3.8, 4) is 0 Å². The van der Waals surface area contributed by atoms with Crippen molar-refractivity contribution in [1.29, 1.82) is 0 Å². The molecule has 4 nitrogen and oxygen atoms in total. The van der Waals surface area contributed by atoms with Crippen molar-refractivity contribution in [2.75, 3.05) is 0 Å². The fraction of sp³-hybridized carbons (Fsp3) is 0.440. The molecule has 0 spiro atoms. The maximum absolute atomic E-state index is 13.5. The predicted octanol–water partition coefficient (Wildman–Crippen LogP) is 5.87. The molecule has 0 heterocycles. The molecular formula is C25H32Cl2N2O2. The van der Waals surface area contributed by atoms with Gasteiger partial charge in [-0.1, -0.05) is 72.4 Å². The van der Waals surface area contributed by atoms with Crippen LogP contribution in [0.25, 0.3) is 0 Å². The third-order valence-corrected chi connectivity index (χ3v) is 5.97. The summed E-state index contributed by atoms with van der Waals surface area (Å²) in [4.78, 5) is 28.1. The first kappa shape index (κ1) is 25.2. The third-order valence-electron chi connectivity index (χ3n) is 5.38. The standard InChI is InChI=1S/C25H32Cl2N2O2/c1-6-18(5)28-25(31)23(7-2)29(15-20-8-9-21(26)14-22(20)27)24(30)13-19-11-16(3)10-17(4)12-19/h8-12,14,18,23H,6-7,13,15H2,1-5H3,(H,28,31)/t18-,23+/m0/s1. The van der Waals surface area contributed by atoms with Crippen molar-refractivity contribution in [3.05, 3.63) is 68.7 Å². The molecule has 168 valence electrons. The van der Waals surface area contributed by atoms with E-state index >= 15 is 0 Å². The summed E-state index contributed by atoms with van der Waals surface area (Å²) in [6.45, 7) is 10.2. The minimum Gasteiger partial charge on any atom is -0.352 e. The molecule has 2 rings (SSSR count). The SMILES string of the molecule is CC[C@H](C(=O)N[C@@H](C)CC)N(Cc1ccc(Cl)cc1Cl)C(=O)Cc1cc(C)cc(C)c1. The lowest BCUT2D eigenvalue weighted by atomic mass is 10.0. The van der Waals surface area contributed by atoms with E-state index in [1.54, 1.807) is 23.1 Å². The van der Waals surface area contributed by atoms with Gasteiger partial charge in [-0.3, -0.25) is 9.59 Å². The second kappa shape index (κ2) is 11.5. The van der Waals surface area contributed by atoms with E-state index in [2.05, 4.69) is 11.4 Å². The van der Waals surface area contributed by atoms with Crippen LogP contribution in [0.5, 0.6) is 0 Å². The number of amides is 2. The summed E-state index contributed by atoms with van der Waals surface area (Å²) in [5.74, 6) is -0.252. The Balaban J connectivity index is 2.37. The molecule has 2 aromatic rings. The summed E-state index contributed by atoms with van der Waals surface area (Å²) in [5.41, 5.74) is 3.91. The molecule has 0 aromatic heterocycles. The molecule has 0 aliphatic heterocycles. The van der Waals surface area contributed by atoms with Gasteiger partial charge >= 0.3 is 0 Å². The van der Waals surface area contributed by atoms with Crippen LogP contribution in [-0.2, 0) is 22.6 Å². The van der Waals surface area contributed by atoms with E-state index < -0.39 is 6.04 Å². The van der Waals surface area contributed by atoms with Gasteiger partial charge in [0.05, 0.1) is 6.42 Å². The Morgan fingerprint density at radius 2 is 1.65 bits per heavy atom. The molecule has 2 amide bonds. The molecule has 1 N–H and O–H groups in total. The summed E-state index contributed by atoms with van der Waals surface area (Å²) in [6, 6.07) is 10.8. The fourth-order valence-electron chi connectivity index (χ4n) is 3.64. The van der Waals surface area contributed by atoms with Crippen molar-refractivity contribution in [2.24, 2.45) is 0 Å². The highest BCUT2D eigenvalue weighted by Crippen LogP contribution is 2.24. The molecule has 0 saturated carbocycles. The van der Waals surface area contributed by atoms with Crippen LogP contribution in [0, 0.1) is 13.8 Å². The van der Waals surface area contributed by atoms with Gasteiger partial charge in [0.25, 0.3) is 0 Å². The molecule has 0 aliphatic carbocycles. The number of nitrogens with one attached hydrogen (secondary N) is 1. The summed E-state index contributed by atoms with van der Waals surface area (Å²) in [7, 11) is 0. The highest BCUT2D eigenvalue weighted by molar-refractivity contribution is 6.35. The Morgan fingerprint density at radius 1 is 1.00 bits per heavy atom. The molecular weight excluding hydrogens is 431 g/mol. The Kier molecular flexibility index (Phi) is 9.39. The number of carbonyl (C=O) groups is 2. The summed E-state index contributed by atoms with van der Waals surface area (Å²) in [5, 5.41) is 4.03. The molecule has 0 radical (unpaired) electrons. The number of hydrogen-bond donors (Lipinski definition) is 1. The molecule has 0 saturated heterocycles. The van der Waals surface area contributed by atoms with Crippen molar-refractivity contribution in [2.45, 2.75) is 72.5 Å². The predicted molar refractivity (Wildman–Crippen MR) is 129 cm³/mol. The first-order chi connectivity index (χ1) is 14.6.